The molecule has 3 heteroatoms. The number of nitrogens with one attached hydrogen (secondary N) is 1. The third-order valence-corrected chi connectivity index (χ3v) is 3.41. The Morgan fingerprint density at radius 1 is 1.00 bits per heavy atom. The second-order valence-electron chi connectivity index (χ2n) is 4.35. The Morgan fingerprint density at radius 2 is 1.68 bits per heavy atom. The van der Waals surface area contributed by atoms with Crippen LogP contribution in [0.2, 0.25) is 0 Å². The highest BCUT2D eigenvalue weighted by Crippen LogP contribution is 2.10. The molecule has 1 N–H and O–H groups in total. The summed E-state index contributed by atoms with van der Waals surface area (Å²) in [6.45, 7) is 0.698. The predicted molar refractivity (Wildman–Crippen MR) is 81.2 cm³/mol. The largest absolute Gasteiger partial charge is 0.352 e. The maximum Gasteiger partial charge on any atom is 0.251 e. The molecule has 0 saturated heterocycles. The van der Waals surface area contributed by atoms with E-state index in [1.165, 1.54) is 5.56 Å². The van der Waals surface area contributed by atoms with Crippen molar-refractivity contribution in [3.63, 3.8) is 0 Å². The van der Waals surface area contributed by atoms with Crippen molar-refractivity contribution in [3.8, 4) is 0 Å². The van der Waals surface area contributed by atoms with Crippen molar-refractivity contribution in [2.75, 3.05) is 6.54 Å². The van der Waals surface area contributed by atoms with Crippen LogP contribution in [-0.4, -0.2) is 12.5 Å². The molecule has 2 aromatic carbocycles. The van der Waals surface area contributed by atoms with E-state index in [1.807, 2.05) is 42.5 Å². The fourth-order valence-corrected chi connectivity index (χ4v) is 2.11. The highest BCUT2D eigenvalue weighted by atomic mass is 79.9. The van der Waals surface area contributed by atoms with Gasteiger partial charge in [-0.3, -0.25) is 4.79 Å². The first-order chi connectivity index (χ1) is 9.25. The van der Waals surface area contributed by atoms with Gasteiger partial charge in [-0.05, 0) is 42.7 Å². The maximum absolute atomic E-state index is 11.8. The van der Waals surface area contributed by atoms with Crippen molar-refractivity contribution in [2.45, 2.75) is 12.8 Å². The van der Waals surface area contributed by atoms with Gasteiger partial charge in [-0.15, -0.1) is 0 Å². The zero-order valence-corrected chi connectivity index (χ0v) is 12.2. The number of amides is 1. The van der Waals surface area contributed by atoms with Crippen LogP contribution < -0.4 is 5.32 Å². The molecule has 0 bridgehead atoms. The third-order valence-electron chi connectivity index (χ3n) is 2.88. The lowest BCUT2D eigenvalue weighted by atomic mass is 10.1. The number of carbonyl (C=O) groups excluding carboxylic acids is 1. The number of halogens is 1. The van der Waals surface area contributed by atoms with Gasteiger partial charge in [0.1, 0.15) is 0 Å². The number of rotatable bonds is 5. The van der Waals surface area contributed by atoms with Gasteiger partial charge in [-0.25, -0.2) is 0 Å². The van der Waals surface area contributed by atoms with E-state index in [9.17, 15) is 4.79 Å². The van der Waals surface area contributed by atoms with E-state index < -0.39 is 0 Å². The van der Waals surface area contributed by atoms with E-state index in [0.29, 0.717) is 12.1 Å². The van der Waals surface area contributed by atoms with E-state index in [-0.39, 0.29) is 5.91 Å². The Balaban J connectivity index is 1.74. The van der Waals surface area contributed by atoms with Crippen LogP contribution >= 0.6 is 15.9 Å². The minimum Gasteiger partial charge on any atom is -0.352 e. The van der Waals surface area contributed by atoms with Gasteiger partial charge in [0.2, 0.25) is 0 Å². The Bertz CT molecular complexity index is 522. The summed E-state index contributed by atoms with van der Waals surface area (Å²) >= 11 is 3.35. The molecule has 0 aliphatic rings. The van der Waals surface area contributed by atoms with Crippen LogP contribution in [0.25, 0.3) is 0 Å². The van der Waals surface area contributed by atoms with Gasteiger partial charge in [-0.1, -0.05) is 46.3 Å². The van der Waals surface area contributed by atoms with Gasteiger partial charge in [0, 0.05) is 16.6 Å². The molecule has 0 aliphatic carbocycles. The standard InChI is InChI=1S/C16H16BrNO/c17-15-10-8-14(9-11-15)16(19)18-12-4-7-13-5-2-1-3-6-13/h1-3,5-6,8-11H,4,7,12H2,(H,18,19). The first-order valence-electron chi connectivity index (χ1n) is 6.33. The minimum absolute atomic E-state index is 0.0134. The number of benzene rings is 2. The number of aryl methyl sites for hydroxylation is 1. The van der Waals surface area contributed by atoms with Gasteiger partial charge in [0.15, 0.2) is 0 Å². The lowest BCUT2D eigenvalue weighted by Crippen LogP contribution is -2.24. The molecule has 0 atom stereocenters. The van der Waals surface area contributed by atoms with Crippen LogP contribution in [0, 0.1) is 0 Å². The molecule has 0 aromatic heterocycles. The van der Waals surface area contributed by atoms with Crippen LogP contribution in [0.3, 0.4) is 0 Å². The van der Waals surface area contributed by atoms with Gasteiger partial charge in [-0.2, -0.15) is 0 Å². The predicted octanol–water partition coefficient (Wildman–Crippen LogP) is 3.81. The van der Waals surface area contributed by atoms with Crippen LogP contribution in [-0.2, 0) is 6.42 Å². The van der Waals surface area contributed by atoms with E-state index >= 15 is 0 Å². The molecule has 0 saturated carbocycles. The van der Waals surface area contributed by atoms with Crippen molar-refractivity contribution in [3.05, 3.63) is 70.2 Å². The Kier molecular flexibility index (Phi) is 5.16. The average Bonchev–Trinajstić information content (AvgIpc) is 2.45. The first-order valence-corrected chi connectivity index (χ1v) is 7.13. The Labute approximate surface area is 122 Å². The summed E-state index contributed by atoms with van der Waals surface area (Å²) in [6.07, 6.45) is 1.94. The molecule has 1 amide bonds. The summed E-state index contributed by atoms with van der Waals surface area (Å²) in [5.41, 5.74) is 2.00. The molecule has 0 fully saturated rings. The molecule has 98 valence electrons. The fraction of sp³-hybridized carbons (Fsp3) is 0.188. The Hall–Kier alpha value is -1.61. The quantitative estimate of drug-likeness (QED) is 0.835. The van der Waals surface area contributed by atoms with Crippen LogP contribution in [0.1, 0.15) is 22.3 Å². The van der Waals surface area contributed by atoms with Gasteiger partial charge in [0.25, 0.3) is 5.91 Å². The summed E-state index contributed by atoms with van der Waals surface area (Å²) in [5, 5.41) is 2.93. The highest BCUT2D eigenvalue weighted by molar-refractivity contribution is 9.10. The molecule has 0 aliphatic heterocycles. The van der Waals surface area contributed by atoms with E-state index in [0.717, 1.165) is 17.3 Å². The van der Waals surface area contributed by atoms with Crippen LogP contribution in [0.5, 0.6) is 0 Å². The van der Waals surface area contributed by atoms with Crippen LogP contribution in [0.4, 0.5) is 0 Å². The molecule has 2 rings (SSSR count). The monoisotopic (exact) mass is 317 g/mol. The molecule has 19 heavy (non-hydrogen) atoms. The van der Waals surface area contributed by atoms with Crippen molar-refractivity contribution >= 4 is 21.8 Å². The molecular formula is C16H16BrNO. The summed E-state index contributed by atoms with van der Waals surface area (Å²) in [6, 6.07) is 17.7. The van der Waals surface area contributed by atoms with E-state index in [2.05, 4.69) is 33.4 Å². The average molecular weight is 318 g/mol. The molecule has 2 nitrogen and oxygen atoms in total. The van der Waals surface area contributed by atoms with E-state index in [4.69, 9.17) is 0 Å². The molecule has 0 heterocycles. The van der Waals surface area contributed by atoms with Crippen molar-refractivity contribution in [2.24, 2.45) is 0 Å². The summed E-state index contributed by atoms with van der Waals surface area (Å²) in [7, 11) is 0. The van der Waals surface area contributed by atoms with Crippen molar-refractivity contribution < 1.29 is 4.79 Å². The van der Waals surface area contributed by atoms with Crippen molar-refractivity contribution in [1.82, 2.24) is 5.32 Å². The lowest BCUT2D eigenvalue weighted by Gasteiger charge is -2.05. The number of hydrogen-bond acceptors (Lipinski definition) is 1. The third kappa shape index (κ3) is 4.52. The molecule has 0 radical (unpaired) electrons. The van der Waals surface area contributed by atoms with Gasteiger partial charge < -0.3 is 5.32 Å². The van der Waals surface area contributed by atoms with E-state index in [1.54, 1.807) is 0 Å². The fourth-order valence-electron chi connectivity index (χ4n) is 1.84. The molecule has 0 unspecified atom stereocenters. The first kappa shape index (κ1) is 13.8. The smallest absolute Gasteiger partial charge is 0.251 e. The SMILES string of the molecule is O=C(NCCCc1ccccc1)c1ccc(Br)cc1. The molecule has 2 aromatic rings. The minimum atomic E-state index is -0.0134. The zero-order chi connectivity index (χ0) is 13.5. The zero-order valence-electron chi connectivity index (χ0n) is 10.6. The van der Waals surface area contributed by atoms with Crippen molar-refractivity contribution in [1.29, 1.82) is 0 Å². The second kappa shape index (κ2) is 7.10. The normalized spacial score (nSPS) is 10.2. The summed E-state index contributed by atoms with van der Waals surface area (Å²) < 4.78 is 0.980. The summed E-state index contributed by atoms with van der Waals surface area (Å²) in [4.78, 5) is 11.8. The molecular weight excluding hydrogens is 302 g/mol. The topological polar surface area (TPSA) is 29.1 Å². The summed E-state index contributed by atoms with van der Waals surface area (Å²) in [5.74, 6) is -0.0134. The second-order valence-corrected chi connectivity index (χ2v) is 5.27. The maximum atomic E-state index is 11.8. The highest BCUT2D eigenvalue weighted by Gasteiger charge is 2.03. The number of hydrogen-bond donors (Lipinski definition) is 1. The lowest BCUT2D eigenvalue weighted by molar-refractivity contribution is 0.0953. The van der Waals surface area contributed by atoms with Gasteiger partial charge in [0.05, 0.1) is 0 Å². The molecule has 0 spiro atoms. The van der Waals surface area contributed by atoms with Gasteiger partial charge >= 0.3 is 0 Å². The Morgan fingerprint density at radius 3 is 2.37 bits per heavy atom. The number of carbonyl (C=O) groups is 1. The van der Waals surface area contributed by atoms with Crippen LogP contribution in [0.15, 0.2) is 59.1 Å².